The van der Waals surface area contributed by atoms with E-state index in [2.05, 4.69) is 31.5 Å². The summed E-state index contributed by atoms with van der Waals surface area (Å²) in [7, 11) is 0. The Bertz CT molecular complexity index is 583. The average Bonchev–Trinajstić information content (AvgIpc) is 3.11. The molecule has 3 rings (SSSR count). The molecular formula is C18H26BrClFN3O. The minimum Gasteiger partial charge on any atom is -0.354 e. The Morgan fingerprint density at radius 1 is 1.36 bits per heavy atom. The van der Waals surface area contributed by atoms with Gasteiger partial charge in [0.15, 0.2) is 0 Å². The fourth-order valence-corrected chi connectivity index (χ4v) is 4.06. The Labute approximate surface area is 163 Å². The maximum atomic E-state index is 13.3. The van der Waals surface area contributed by atoms with Gasteiger partial charge in [-0.15, -0.1) is 12.4 Å². The molecule has 1 amide bonds. The molecular weight excluding hydrogens is 409 g/mol. The molecule has 2 N–H and O–H groups in total. The van der Waals surface area contributed by atoms with E-state index in [-0.39, 0.29) is 30.2 Å². The lowest BCUT2D eigenvalue weighted by atomic mass is 9.97. The summed E-state index contributed by atoms with van der Waals surface area (Å²) in [6.07, 6.45) is 4.33. The van der Waals surface area contributed by atoms with Crippen LogP contribution in [-0.4, -0.2) is 43.0 Å². The van der Waals surface area contributed by atoms with E-state index in [9.17, 15) is 9.18 Å². The summed E-state index contributed by atoms with van der Waals surface area (Å²) >= 11 is 3.25. The van der Waals surface area contributed by atoms with Crippen LogP contribution in [0.2, 0.25) is 0 Å². The van der Waals surface area contributed by atoms with Crippen LogP contribution in [0.3, 0.4) is 0 Å². The third-order valence-electron chi connectivity index (χ3n) is 4.94. The number of amides is 1. The zero-order valence-corrected chi connectivity index (χ0v) is 16.7. The van der Waals surface area contributed by atoms with E-state index in [0.29, 0.717) is 10.4 Å². The molecule has 2 atom stereocenters. The highest BCUT2D eigenvalue weighted by Gasteiger charge is 2.24. The van der Waals surface area contributed by atoms with Gasteiger partial charge in [0.2, 0.25) is 5.91 Å². The standard InChI is InChI=1S/C18H25BrFN3O.ClH/c19-15-9-13(5-6-16(15)20)11-23-8-2-3-14(12-23)10-22-18(24)17-4-1-7-21-17;/h5-6,9,14,17,21H,1-4,7-8,10-12H2,(H,22,24);1H. The fourth-order valence-electron chi connectivity index (χ4n) is 3.63. The SMILES string of the molecule is Cl.O=C(NCC1CCCN(Cc2ccc(F)c(Br)c2)C1)C1CCCN1. The first-order chi connectivity index (χ1) is 11.6. The first-order valence-electron chi connectivity index (χ1n) is 8.79. The van der Waals surface area contributed by atoms with E-state index in [4.69, 9.17) is 0 Å². The summed E-state index contributed by atoms with van der Waals surface area (Å²) in [5, 5.41) is 6.35. The molecule has 1 aromatic rings. The Morgan fingerprint density at radius 3 is 2.92 bits per heavy atom. The number of likely N-dealkylation sites (tertiary alicyclic amines) is 1. The molecule has 0 bridgehead atoms. The van der Waals surface area contributed by atoms with E-state index in [0.717, 1.165) is 64.0 Å². The van der Waals surface area contributed by atoms with Crippen LogP contribution in [0.4, 0.5) is 4.39 Å². The molecule has 0 radical (unpaired) electrons. The lowest BCUT2D eigenvalue weighted by Crippen LogP contribution is -2.45. The zero-order chi connectivity index (χ0) is 16.9. The predicted molar refractivity (Wildman–Crippen MR) is 103 cm³/mol. The normalized spacial score (nSPS) is 23.9. The topological polar surface area (TPSA) is 44.4 Å². The van der Waals surface area contributed by atoms with Gasteiger partial charge in [0.1, 0.15) is 5.82 Å². The van der Waals surface area contributed by atoms with Crippen LogP contribution in [0.15, 0.2) is 22.7 Å². The predicted octanol–water partition coefficient (Wildman–Crippen LogP) is 3.09. The molecule has 0 aliphatic carbocycles. The smallest absolute Gasteiger partial charge is 0.237 e. The quantitative estimate of drug-likeness (QED) is 0.748. The number of hydrogen-bond donors (Lipinski definition) is 2. The van der Waals surface area contributed by atoms with Crippen molar-refractivity contribution in [1.29, 1.82) is 0 Å². The van der Waals surface area contributed by atoms with Crippen LogP contribution < -0.4 is 10.6 Å². The highest BCUT2D eigenvalue weighted by Crippen LogP contribution is 2.21. The third-order valence-corrected chi connectivity index (χ3v) is 5.54. The molecule has 0 spiro atoms. The van der Waals surface area contributed by atoms with Crippen molar-refractivity contribution in [2.75, 3.05) is 26.2 Å². The van der Waals surface area contributed by atoms with Crippen LogP contribution in [0.1, 0.15) is 31.2 Å². The number of hydrogen-bond acceptors (Lipinski definition) is 3. The van der Waals surface area contributed by atoms with Crippen molar-refractivity contribution in [3.05, 3.63) is 34.1 Å². The van der Waals surface area contributed by atoms with E-state index in [1.807, 2.05) is 12.1 Å². The van der Waals surface area contributed by atoms with Gasteiger partial charge in [0, 0.05) is 19.6 Å². The molecule has 2 fully saturated rings. The van der Waals surface area contributed by atoms with E-state index >= 15 is 0 Å². The maximum Gasteiger partial charge on any atom is 0.237 e. The molecule has 2 heterocycles. The molecule has 4 nitrogen and oxygen atoms in total. The second kappa shape index (κ2) is 9.86. The summed E-state index contributed by atoms with van der Waals surface area (Å²) in [4.78, 5) is 14.5. The highest BCUT2D eigenvalue weighted by atomic mass is 79.9. The summed E-state index contributed by atoms with van der Waals surface area (Å²) in [6.45, 7) is 4.56. The first-order valence-corrected chi connectivity index (χ1v) is 9.58. The van der Waals surface area contributed by atoms with Crippen LogP contribution in [0, 0.1) is 11.7 Å². The number of carbonyl (C=O) groups excluding carboxylic acids is 1. The van der Waals surface area contributed by atoms with Gasteiger partial charge in [-0.2, -0.15) is 0 Å². The van der Waals surface area contributed by atoms with Crippen LogP contribution in [-0.2, 0) is 11.3 Å². The van der Waals surface area contributed by atoms with Crippen molar-refractivity contribution in [3.63, 3.8) is 0 Å². The molecule has 140 valence electrons. The molecule has 2 saturated heterocycles. The first kappa shape index (κ1) is 20.6. The molecule has 0 aromatic heterocycles. The average molecular weight is 435 g/mol. The largest absolute Gasteiger partial charge is 0.354 e. The fraction of sp³-hybridized carbons (Fsp3) is 0.611. The van der Waals surface area contributed by atoms with E-state index in [1.165, 1.54) is 6.07 Å². The van der Waals surface area contributed by atoms with Gasteiger partial charge in [-0.05, 0) is 78.3 Å². The lowest BCUT2D eigenvalue weighted by molar-refractivity contribution is -0.123. The summed E-state index contributed by atoms with van der Waals surface area (Å²) in [6, 6.07) is 5.21. The second-order valence-electron chi connectivity index (χ2n) is 6.89. The van der Waals surface area contributed by atoms with Gasteiger partial charge in [0.05, 0.1) is 10.5 Å². The maximum absolute atomic E-state index is 13.3. The molecule has 2 unspecified atom stereocenters. The van der Waals surface area contributed by atoms with Crippen molar-refractivity contribution >= 4 is 34.2 Å². The minimum atomic E-state index is -0.224. The van der Waals surface area contributed by atoms with Gasteiger partial charge < -0.3 is 10.6 Å². The monoisotopic (exact) mass is 433 g/mol. The second-order valence-corrected chi connectivity index (χ2v) is 7.74. The van der Waals surface area contributed by atoms with Gasteiger partial charge in [0.25, 0.3) is 0 Å². The van der Waals surface area contributed by atoms with Crippen LogP contribution in [0.25, 0.3) is 0 Å². The molecule has 2 aliphatic heterocycles. The molecule has 0 saturated carbocycles. The molecule has 7 heteroatoms. The highest BCUT2D eigenvalue weighted by molar-refractivity contribution is 9.10. The molecule has 1 aromatic carbocycles. The Hall–Kier alpha value is -0.690. The Balaban J connectivity index is 0.00000225. The summed E-state index contributed by atoms with van der Waals surface area (Å²) < 4.78 is 13.9. The number of nitrogens with zero attached hydrogens (tertiary/aromatic N) is 1. The van der Waals surface area contributed by atoms with Crippen LogP contribution >= 0.6 is 28.3 Å². The van der Waals surface area contributed by atoms with Crippen molar-refractivity contribution in [1.82, 2.24) is 15.5 Å². The zero-order valence-electron chi connectivity index (χ0n) is 14.3. The summed E-state index contributed by atoms with van der Waals surface area (Å²) in [5.74, 6) is 0.415. The van der Waals surface area contributed by atoms with Gasteiger partial charge in [-0.1, -0.05) is 6.07 Å². The number of piperidine rings is 1. The molecule has 2 aliphatic rings. The van der Waals surface area contributed by atoms with Gasteiger partial charge in [-0.3, -0.25) is 9.69 Å². The van der Waals surface area contributed by atoms with Crippen molar-refractivity contribution < 1.29 is 9.18 Å². The van der Waals surface area contributed by atoms with E-state index in [1.54, 1.807) is 0 Å². The van der Waals surface area contributed by atoms with Crippen LogP contribution in [0.5, 0.6) is 0 Å². The van der Waals surface area contributed by atoms with Gasteiger partial charge >= 0.3 is 0 Å². The number of rotatable bonds is 5. The third kappa shape index (κ3) is 5.91. The Kier molecular flexibility index (Phi) is 8.13. The van der Waals surface area contributed by atoms with Crippen molar-refractivity contribution in [2.24, 2.45) is 5.92 Å². The number of benzene rings is 1. The number of carbonyl (C=O) groups is 1. The minimum absolute atomic E-state index is 0. The Morgan fingerprint density at radius 2 is 2.20 bits per heavy atom. The van der Waals surface area contributed by atoms with Crippen molar-refractivity contribution in [2.45, 2.75) is 38.3 Å². The van der Waals surface area contributed by atoms with E-state index < -0.39 is 0 Å². The lowest BCUT2D eigenvalue weighted by Gasteiger charge is -2.33. The van der Waals surface area contributed by atoms with Gasteiger partial charge in [-0.25, -0.2) is 4.39 Å². The molecule has 25 heavy (non-hydrogen) atoms. The number of nitrogens with one attached hydrogen (secondary N) is 2. The number of halogens is 3. The van der Waals surface area contributed by atoms with Crippen molar-refractivity contribution in [3.8, 4) is 0 Å². The summed E-state index contributed by atoms with van der Waals surface area (Å²) in [5.41, 5.74) is 1.11.